The molecule has 1 aromatic heterocycles. The van der Waals surface area contributed by atoms with Gasteiger partial charge in [-0.15, -0.1) is 0 Å². The van der Waals surface area contributed by atoms with Crippen molar-refractivity contribution in [2.45, 2.75) is 110 Å². The van der Waals surface area contributed by atoms with E-state index in [0.29, 0.717) is 5.91 Å². The van der Waals surface area contributed by atoms with E-state index in [9.17, 15) is 28.1 Å². The summed E-state index contributed by atoms with van der Waals surface area (Å²) in [4.78, 5) is 28.5. The predicted molar refractivity (Wildman–Crippen MR) is 171 cm³/mol. The first-order chi connectivity index (χ1) is 21.9. The molecule has 1 amide bonds. The average Bonchev–Trinajstić information content (AvgIpc) is 3.74. The van der Waals surface area contributed by atoms with Crippen molar-refractivity contribution in [3.05, 3.63) is 57.9 Å². The van der Waals surface area contributed by atoms with Crippen LogP contribution in [0.15, 0.2) is 36.5 Å². The number of hydrogen-bond acceptors (Lipinski definition) is 6. The maximum atomic E-state index is 13.1. The summed E-state index contributed by atoms with van der Waals surface area (Å²) in [5.74, 6) is 3.87. The average molecular weight is 645 g/mol. The van der Waals surface area contributed by atoms with Crippen LogP contribution in [0.4, 0.5) is 24.5 Å². The maximum Gasteiger partial charge on any atom is 0.423 e. The van der Waals surface area contributed by atoms with Crippen molar-refractivity contribution in [3.63, 3.8) is 0 Å². The Bertz CT molecular complexity index is 1370. The zero-order valence-corrected chi connectivity index (χ0v) is 27.2. The first-order valence-electron chi connectivity index (χ1n) is 16.9. The van der Waals surface area contributed by atoms with E-state index in [1.54, 1.807) is 12.3 Å². The van der Waals surface area contributed by atoms with E-state index < -0.39 is 22.4 Å². The number of aryl methyl sites for hydroxylation is 1. The molecule has 4 aliphatic rings. The Balaban J connectivity index is 0.000000198. The molecule has 1 N–H and O–H groups in total. The molecule has 2 aromatic rings. The van der Waals surface area contributed by atoms with Gasteiger partial charge >= 0.3 is 6.18 Å². The molecule has 4 fully saturated rings. The number of halogens is 3. The van der Waals surface area contributed by atoms with E-state index in [1.165, 1.54) is 31.7 Å². The standard InChI is InChI=1S/C19H20F3N3O3.C16H27NO/c1-12-10-16(8-9-23-12)28-15-5-2-13(3-6-15)24-14-4-7-18(25(26)27)17(11-14)19(20,21)22;1-3-7-17(8-4-2)15(18)10-12-9-13-5-6-16(13)11-14(12)16/h4,7-11,13,15,24H,2-3,5-6H2,1H3;12-14H,3-11H2,1-2H3. The Hall–Kier alpha value is -3.37. The monoisotopic (exact) mass is 644 g/mol. The number of carbonyl (C=O) groups excluding carboxylic acids is 1. The van der Waals surface area contributed by atoms with E-state index in [0.717, 1.165) is 105 Å². The Morgan fingerprint density at radius 3 is 2.35 bits per heavy atom. The number of ether oxygens (including phenoxy) is 1. The van der Waals surface area contributed by atoms with Crippen molar-refractivity contribution in [2.75, 3.05) is 18.4 Å². The highest BCUT2D eigenvalue weighted by molar-refractivity contribution is 5.76. The van der Waals surface area contributed by atoms with Gasteiger partial charge in [0.2, 0.25) is 5.91 Å². The molecule has 252 valence electrons. The lowest BCUT2D eigenvalue weighted by Crippen LogP contribution is -2.33. The van der Waals surface area contributed by atoms with Gasteiger partial charge in [0.05, 0.1) is 11.0 Å². The molecular formula is C35H47F3N4O4. The summed E-state index contributed by atoms with van der Waals surface area (Å²) in [6, 6.07) is 6.66. The molecule has 1 heterocycles. The second kappa shape index (κ2) is 14.2. The lowest BCUT2D eigenvalue weighted by molar-refractivity contribution is -0.388. The molecular weight excluding hydrogens is 597 g/mol. The predicted octanol–water partition coefficient (Wildman–Crippen LogP) is 8.58. The molecule has 46 heavy (non-hydrogen) atoms. The Labute approximate surface area is 269 Å². The van der Waals surface area contributed by atoms with Gasteiger partial charge in [-0.1, -0.05) is 13.8 Å². The summed E-state index contributed by atoms with van der Waals surface area (Å²) in [6.45, 7) is 8.13. The highest BCUT2D eigenvalue weighted by atomic mass is 19.4. The van der Waals surface area contributed by atoms with Gasteiger partial charge in [0.1, 0.15) is 11.3 Å². The van der Waals surface area contributed by atoms with Crippen molar-refractivity contribution in [2.24, 2.45) is 23.2 Å². The number of nitro groups is 1. The number of nitrogens with one attached hydrogen (secondary N) is 1. The van der Waals surface area contributed by atoms with Gasteiger partial charge in [-0.25, -0.2) is 0 Å². The van der Waals surface area contributed by atoms with Gasteiger partial charge in [-0.2, -0.15) is 13.2 Å². The quantitative estimate of drug-likeness (QED) is 0.194. The molecule has 8 nitrogen and oxygen atoms in total. The summed E-state index contributed by atoms with van der Waals surface area (Å²) < 4.78 is 45.3. The zero-order chi connectivity index (χ0) is 33.1. The minimum Gasteiger partial charge on any atom is -0.490 e. The first kappa shape index (κ1) is 34.0. The molecule has 0 bridgehead atoms. The largest absolute Gasteiger partial charge is 0.490 e. The molecule has 4 unspecified atom stereocenters. The number of pyridine rings is 1. The molecule has 11 heteroatoms. The van der Waals surface area contributed by atoms with E-state index in [4.69, 9.17) is 4.74 Å². The van der Waals surface area contributed by atoms with Crippen LogP contribution in [0.25, 0.3) is 0 Å². The number of amides is 1. The van der Waals surface area contributed by atoms with Gasteiger partial charge in [0.25, 0.3) is 5.69 Å². The van der Waals surface area contributed by atoms with Crippen LogP contribution in [0.3, 0.4) is 0 Å². The molecule has 4 atom stereocenters. The molecule has 0 saturated heterocycles. The van der Waals surface area contributed by atoms with Gasteiger partial charge < -0.3 is 15.0 Å². The van der Waals surface area contributed by atoms with E-state index in [2.05, 4.69) is 29.0 Å². The van der Waals surface area contributed by atoms with Gasteiger partial charge in [-0.05, 0) is 112 Å². The number of nitro benzene ring substituents is 1. The van der Waals surface area contributed by atoms with Crippen molar-refractivity contribution in [1.29, 1.82) is 0 Å². The molecule has 4 aliphatic carbocycles. The minimum absolute atomic E-state index is 0.0124. The summed E-state index contributed by atoms with van der Waals surface area (Å²) >= 11 is 0. The van der Waals surface area contributed by atoms with Crippen molar-refractivity contribution in [1.82, 2.24) is 9.88 Å². The molecule has 0 radical (unpaired) electrons. The lowest BCUT2D eigenvalue weighted by atomic mass is 9.71. The Morgan fingerprint density at radius 2 is 1.83 bits per heavy atom. The van der Waals surface area contributed by atoms with E-state index >= 15 is 0 Å². The summed E-state index contributed by atoms with van der Waals surface area (Å²) in [5, 5.41) is 13.9. The third-order valence-electron chi connectivity index (χ3n) is 10.6. The molecule has 1 aromatic carbocycles. The first-order valence-corrected chi connectivity index (χ1v) is 16.9. The van der Waals surface area contributed by atoms with Crippen LogP contribution in [-0.4, -0.2) is 45.9 Å². The normalized spacial score (nSPS) is 27.7. The van der Waals surface area contributed by atoms with Gasteiger partial charge in [0.15, 0.2) is 0 Å². The highest BCUT2D eigenvalue weighted by Crippen LogP contribution is 2.78. The van der Waals surface area contributed by atoms with E-state index in [-0.39, 0.29) is 17.8 Å². The van der Waals surface area contributed by atoms with Crippen LogP contribution in [0.5, 0.6) is 5.75 Å². The van der Waals surface area contributed by atoms with Crippen molar-refractivity contribution < 1.29 is 27.6 Å². The fourth-order valence-electron chi connectivity index (χ4n) is 8.18. The van der Waals surface area contributed by atoms with Crippen LogP contribution in [-0.2, 0) is 11.0 Å². The summed E-state index contributed by atoms with van der Waals surface area (Å²) in [5.41, 5.74) is -0.320. The van der Waals surface area contributed by atoms with E-state index in [1.807, 2.05) is 13.0 Å². The number of benzene rings is 1. The van der Waals surface area contributed by atoms with Gasteiger partial charge in [-0.3, -0.25) is 19.9 Å². The fraction of sp³-hybridized carbons (Fsp3) is 0.657. The number of alkyl halides is 3. The Kier molecular flexibility index (Phi) is 10.5. The van der Waals surface area contributed by atoms with Crippen molar-refractivity contribution >= 4 is 17.3 Å². The zero-order valence-electron chi connectivity index (χ0n) is 27.2. The number of nitrogens with zero attached hydrogens (tertiary/aromatic N) is 3. The van der Waals surface area contributed by atoms with Crippen molar-refractivity contribution in [3.8, 4) is 5.75 Å². The number of aromatic nitrogens is 1. The minimum atomic E-state index is -4.78. The highest BCUT2D eigenvalue weighted by Gasteiger charge is 2.70. The van der Waals surface area contributed by atoms with Crippen LogP contribution in [0.2, 0.25) is 0 Å². The van der Waals surface area contributed by atoms with Crippen LogP contribution in [0, 0.1) is 40.2 Å². The number of carbonyl (C=O) groups is 1. The van der Waals surface area contributed by atoms with Crippen LogP contribution >= 0.6 is 0 Å². The summed E-state index contributed by atoms with van der Waals surface area (Å²) in [7, 11) is 0. The molecule has 0 aliphatic heterocycles. The second-order valence-corrected chi connectivity index (χ2v) is 13.7. The summed E-state index contributed by atoms with van der Waals surface area (Å²) in [6.07, 6.45) is 8.70. The molecule has 1 spiro atoms. The third-order valence-corrected chi connectivity index (χ3v) is 10.6. The second-order valence-electron chi connectivity index (χ2n) is 13.7. The lowest BCUT2D eigenvalue weighted by Gasteiger charge is -2.34. The Morgan fingerprint density at radius 1 is 1.11 bits per heavy atom. The van der Waals surface area contributed by atoms with Crippen LogP contribution in [0.1, 0.15) is 95.7 Å². The number of anilines is 1. The maximum absolute atomic E-state index is 13.1. The fourth-order valence-corrected chi connectivity index (χ4v) is 8.18. The van der Waals surface area contributed by atoms with Crippen LogP contribution < -0.4 is 10.1 Å². The molecule has 6 rings (SSSR count). The third kappa shape index (κ3) is 7.77. The smallest absolute Gasteiger partial charge is 0.423 e. The topological polar surface area (TPSA) is 97.6 Å². The molecule has 4 saturated carbocycles. The number of hydrogen-bond donors (Lipinski definition) is 1. The van der Waals surface area contributed by atoms with Gasteiger partial charge in [0, 0.05) is 55.3 Å². The SMILES string of the molecule is CCCN(CCC)C(=O)CC1CC2CCC23CC13.Cc1cc(OC2CCC(Nc3ccc([N+](=O)[O-])c(C(F)(F)F)c3)CC2)ccn1. The number of rotatable bonds is 11.